The Kier molecular flexibility index (Phi) is 12.6. The third-order valence-corrected chi connectivity index (χ3v) is 11.4. The number of nitrogens with zero attached hydrogens (tertiary/aromatic N) is 2. The summed E-state index contributed by atoms with van der Waals surface area (Å²) in [6.45, 7) is 1.86. The van der Waals surface area contributed by atoms with Crippen LogP contribution < -0.4 is 33.2 Å². The van der Waals surface area contributed by atoms with E-state index in [0.717, 1.165) is 67.3 Å². The Morgan fingerprint density at radius 2 is 1.29 bits per heavy atom. The lowest BCUT2D eigenvalue weighted by molar-refractivity contribution is -0.131. The van der Waals surface area contributed by atoms with Gasteiger partial charge in [0.15, 0.2) is 34.5 Å². The number of carbonyl (C=O) groups is 1. The minimum absolute atomic E-state index is 0.000437. The molecule has 0 aliphatic carbocycles. The summed E-state index contributed by atoms with van der Waals surface area (Å²) in [5, 5.41) is 8.41. The fourth-order valence-corrected chi connectivity index (χ4v) is 8.24. The zero-order valence-corrected chi connectivity index (χ0v) is 34.7. The van der Waals surface area contributed by atoms with E-state index in [1.165, 1.54) is 28.3 Å². The summed E-state index contributed by atoms with van der Waals surface area (Å²) < 4.78 is 42.1. The van der Waals surface area contributed by atoms with Gasteiger partial charge in [0.2, 0.25) is 5.75 Å². The summed E-state index contributed by atoms with van der Waals surface area (Å²) in [6, 6.07) is 28.4. The Hall–Kier alpha value is -6.17. The molecular formula is C48H52N2O9. The number of ether oxygens (including phenoxy) is 7. The number of likely N-dealkylation sites (N-methyl/N-ethyl adjacent to an activating group) is 2. The molecule has 0 fully saturated rings. The van der Waals surface area contributed by atoms with Crippen LogP contribution >= 0.6 is 0 Å². The van der Waals surface area contributed by atoms with Gasteiger partial charge < -0.3 is 38.3 Å². The Labute approximate surface area is 346 Å². The summed E-state index contributed by atoms with van der Waals surface area (Å²) in [7, 11) is 12.6. The Balaban J connectivity index is 0.000000348. The molecule has 1 N–H and O–H groups in total. The van der Waals surface area contributed by atoms with Gasteiger partial charge in [-0.3, -0.25) is 9.80 Å². The number of carboxylic acid groups (broad SMARTS) is 1. The molecule has 0 aromatic heterocycles. The molecule has 4 aliphatic rings. The van der Waals surface area contributed by atoms with Gasteiger partial charge in [-0.1, -0.05) is 36.4 Å². The molecule has 11 heteroatoms. The predicted octanol–water partition coefficient (Wildman–Crippen LogP) is 8.96. The van der Waals surface area contributed by atoms with E-state index in [9.17, 15) is 4.79 Å². The first-order chi connectivity index (χ1) is 28.6. The monoisotopic (exact) mass is 800 g/mol. The van der Waals surface area contributed by atoms with Crippen molar-refractivity contribution in [1.82, 2.24) is 9.80 Å². The van der Waals surface area contributed by atoms with Crippen molar-refractivity contribution < 1.29 is 43.1 Å². The zero-order valence-electron chi connectivity index (χ0n) is 34.7. The highest BCUT2D eigenvalue weighted by Gasteiger charge is 2.34. The average molecular weight is 801 g/mol. The molecule has 5 aromatic carbocycles. The lowest BCUT2D eigenvalue weighted by Crippen LogP contribution is -2.34. The number of rotatable bonds is 7. The van der Waals surface area contributed by atoms with Crippen molar-refractivity contribution in [2.45, 2.75) is 37.8 Å². The normalized spacial score (nSPS) is 17.2. The van der Waals surface area contributed by atoms with Gasteiger partial charge in [0, 0.05) is 42.4 Å². The van der Waals surface area contributed by atoms with Gasteiger partial charge in [-0.2, -0.15) is 0 Å². The second-order valence-electron chi connectivity index (χ2n) is 14.9. The number of para-hydroxylation sites is 1. The maximum absolute atomic E-state index is 10.2. The minimum atomic E-state index is -0.967. The molecule has 5 aromatic rings. The van der Waals surface area contributed by atoms with E-state index in [1.807, 2.05) is 30.3 Å². The molecule has 0 saturated carbocycles. The van der Waals surface area contributed by atoms with Crippen molar-refractivity contribution in [2.24, 2.45) is 0 Å². The third kappa shape index (κ3) is 8.81. The first-order valence-electron chi connectivity index (χ1n) is 19.7. The van der Waals surface area contributed by atoms with Crippen molar-refractivity contribution in [3.63, 3.8) is 0 Å². The number of benzene rings is 5. The molecule has 59 heavy (non-hydrogen) atoms. The van der Waals surface area contributed by atoms with E-state index in [-0.39, 0.29) is 12.1 Å². The number of hydrogen-bond acceptors (Lipinski definition) is 10. The van der Waals surface area contributed by atoms with Gasteiger partial charge in [-0.25, -0.2) is 4.79 Å². The van der Waals surface area contributed by atoms with Gasteiger partial charge in [0.1, 0.15) is 11.5 Å². The van der Waals surface area contributed by atoms with E-state index in [1.54, 1.807) is 47.7 Å². The van der Waals surface area contributed by atoms with Gasteiger partial charge in [-0.15, -0.1) is 0 Å². The first-order valence-corrected chi connectivity index (χ1v) is 19.7. The zero-order chi connectivity index (χ0) is 41.6. The van der Waals surface area contributed by atoms with E-state index >= 15 is 0 Å². The van der Waals surface area contributed by atoms with Crippen LogP contribution in [0.15, 0.2) is 91.0 Å². The quantitative estimate of drug-likeness (QED) is 0.160. The highest BCUT2D eigenvalue weighted by atomic mass is 16.5. The van der Waals surface area contributed by atoms with Crippen molar-refractivity contribution in [3.8, 4) is 51.7 Å². The number of methoxy groups -OCH3 is 5. The topological polar surface area (TPSA) is 108 Å². The molecule has 308 valence electrons. The van der Waals surface area contributed by atoms with Crippen LogP contribution in [0.2, 0.25) is 0 Å². The molecule has 6 bridgehead atoms. The maximum atomic E-state index is 10.2. The second-order valence-corrected chi connectivity index (χ2v) is 14.9. The van der Waals surface area contributed by atoms with Crippen molar-refractivity contribution in [2.75, 3.05) is 62.7 Å². The van der Waals surface area contributed by atoms with E-state index < -0.39 is 5.97 Å². The van der Waals surface area contributed by atoms with E-state index in [4.69, 9.17) is 38.3 Å². The SMILES string of the molecule is COc1ccc2cc1Oc1ccc(cc1)CC1c3cc(c(OC)cc3CCN1C)Oc1c(OC)c(OC)cc3c1C(C2)N(C)CC3.COc1ccccc1C=CC(=O)O. The molecule has 9 rings (SSSR count). The van der Waals surface area contributed by atoms with Gasteiger partial charge >= 0.3 is 5.97 Å². The van der Waals surface area contributed by atoms with E-state index in [2.05, 4.69) is 66.4 Å². The Morgan fingerprint density at radius 1 is 0.661 bits per heavy atom. The fraction of sp³-hybridized carbons (Fsp3) is 0.312. The van der Waals surface area contributed by atoms with Crippen LogP contribution in [0, 0.1) is 0 Å². The number of fused-ring (bicyclic) bond motifs is 2. The standard InChI is InChI=1S/C38H42N2O6.C10H10O3/c1-39-15-13-25-20-32(42-4)34-22-28(25)29(39)17-23-7-10-27(11-8-23)45-33-19-24(9-12-31(33)41-3)18-30-36-26(14-16-40(30)2)21-35(43-5)37(44-6)38(36)46-34;1-13-9-5-3-2-4-8(9)6-7-10(11)12/h7-12,19-22,29-30H,13-18H2,1-6H3;2-7H,1H3,(H,11,12). The minimum Gasteiger partial charge on any atom is -0.496 e. The summed E-state index contributed by atoms with van der Waals surface area (Å²) >= 11 is 0. The van der Waals surface area contributed by atoms with Crippen LogP contribution in [0.25, 0.3) is 6.08 Å². The third-order valence-electron chi connectivity index (χ3n) is 11.4. The number of aliphatic carboxylic acids is 1. The average Bonchev–Trinajstić information content (AvgIpc) is 3.25. The second kappa shape index (κ2) is 18.2. The molecule has 4 heterocycles. The van der Waals surface area contributed by atoms with Crippen molar-refractivity contribution in [1.29, 1.82) is 0 Å². The van der Waals surface area contributed by atoms with Gasteiger partial charge in [0.05, 0.1) is 35.5 Å². The number of hydrogen-bond donors (Lipinski definition) is 1. The first kappa shape index (κ1) is 41.0. The molecule has 0 saturated heterocycles. The molecule has 0 spiro atoms. The molecule has 0 radical (unpaired) electrons. The van der Waals surface area contributed by atoms with E-state index in [0.29, 0.717) is 46.0 Å². The Morgan fingerprint density at radius 3 is 1.98 bits per heavy atom. The molecule has 4 aliphatic heterocycles. The molecule has 2 atom stereocenters. The van der Waals surface area contributed by atoms with Crippen LogP contribution in [0.5, 0.6) is 51.7 Å². The maximum Gasteiger partial charge on any atom is 0.328 e. The lowest BCUT2D eigenvalue weighted by atomic mass is 9.87. The van der Waals surface area contributed by atoms with Crippen LogP contribution in [-0.2, 0) is 30.5 Å². The summed E-state index contributed by atoms with van der Waals surface area (Å²) in [6.07, 6.45) is 5.96. The summed E-state index contributed by atoms with van der Waals surface area (Å²) in [5.41, 5.74) is 7.91. The smallest absolute Gasteiger partial charge is 0.328 e. The van der Waals surface area contributed by atoms with Gasteiger partial charge in [-0.05, 0) is 122 Å². The van der Waals surface area contributed by atoms with Crippen molar-refractivity contribution >= 4 is 12.0 Å². The van der Waals surface area contributed by atoms with Crippen LogP contribution in [-0.4, -0.2) is 83.6 Å². The van der Waals surface area contributed by atoms with Gasteiger partial charge in [0.25, 0.3) is 0 Å². The largest absolute Gasteiger partial charge is 0.496 e. The van der Waals surface area contributed by atoms with Crippen LogP contribution in [0.4, 0.5) is 0 Å². The lowest BCUT2D eigenvalue weighted by Gasteiger charge is -2.37. The molecular weight excluding hydrogens is 749 g/mol. The van der Waals surface area contributed by atoms with Crippen molar-refractivity contribution in [3.05, 3.63) is 130 Å². The molecule has 0 amide bonds. The number of carboxylic acids is 1. The molecule has 2 unspecified atom stereocenters. The molecule has 11 nitrogen and oxygen atoms in total. The summed E-state index contributed by atoms with van der Waals surface area (Å²) in [4.78, 5) is 15.1. The predicted molar refractivity (Wildman–Crippen MR) is 227 cm³/mol. The highest BCUT2D eigenvalue weighted by molar-refractivity contribution is 5.85. The van der Waals surface area contributed by atoms with Crippen LogP contribution in [0.1, 0.15) is 51.0 Å². The Bertz CT molecular complexity index is 2320. The highest BCUT2D eigenvalue weighted by Crippen LogP contribution is 2.52. The van der Waals surface area contributed by atoms with Crippen LogP contribution in [0.3, 0.4) is 0 Å². The fourth-order valence-electron chi connectivity index (χ4n) is 8.24. The summed E-state index contributed by atoms with van der Waals surface area (Å²) in [5.74, 6) is 5.11.